The van der Waals surface area contributed by atoms with Gasteiger partial charge in [0.1, 0.15) is 0 Å². The van der Waals surface area contributed by atoms with Crippen LogP contribution in [-0.4, -0.2) is 30.3 Å². The van der Waals surface area contributed by atoms with Crippen molar-refractivity contribution >= 4 is 11.8 Å². The molecule has 0 heterocycles. The van der Waals surface area contributed by atoms with E-state index in [0.29, 0.717) is 11.8 Å². The molecule has 4 heteroatoms. The van der Waals surface area contributed by atoms with E-state index < -0.39 is 5.91 Å². The molecule has 2 fully saturated rings. The van der Waals surface area contributed by atoms with Crippen molar-refractivity contribution in [3.63, 3.8) is 0 Å². The van der Waals surface area contributed by atoms with Gasteiger partial charge in [-0.1, -0.05) is 12.8 Å². The van der Waals surface area contributed by atoms with E-state index >= 15 is 0 Å². The van der Waals surface area contributed by atoms with E-state index in [9.17, 15) is 9.59 Å². The van der Waals surface area contributed by atoms with Crippen LogP contribution < -0.4 is 5.73 Å². The Kier molecular flexibility index (Phi) is 2.67. The van der Waals surface area contributed by atoms with Crippen LogP contribution in [0.25, 0.3) is 0 Å². The Hall–Kier alpha value is -1.06. The van der Waals surface area contributed by atoms with E-state index in [1.54, 1.807) is 7.05 Å². The first-order valence-electron chi connectivity index (χ1n) is 5.64. The van der Waals surface area contributed by atoms with Crippen LogP contribution in [0.15, 0.2) is 0 Å². The lowest BCUT2D eigenvalue weighted by Crippen LogP contribution is -2.36. The molecule has 0 aliphatic heterocycles. The molecule has 84 valence electrons. The Bertz CT molecular complexity index is 278. The van der Waals surface area contributed by atoms with Crippen molar-refractivity contribution in [3.05, 3.63) is 0 Å². The molecule has 0 saturated heterocycles. The van der Waals surface area contributed by atoms with Crippen LogP contribution in [-0.2, 0) is 9.59 Å². The van der Waals surface area contributed by atoms with E-state index in [0.717, 1.165) is 0 Å². The molecule has 0 radical (unpaired) electrons. The molecular weight excluding hydrogens is 192 g/mol. The highest BCUT2D eigenvalue weighted by molar-refractivity contribution is 5.86. The Labute approximate surface area is 89.8 Å². The second kappa shape index (κ2) is 3.83. The van der Waals surface area contributed by atoms with Gasteiger partial charge >= 0.3 is 0 Å². The summed E-state index contributed by atoms with van der Waals surface area (Å²) >= 11 is 0. The lowest BCUT2D eigenvalue weighted by atomic mass is 10.0. The van der Waals surface area contributed by atoms with Gasteiger partial charge < -0.3 is 10.6 Å². The molecular formula is C11H18N2O2. The Morgan fingerprint density at radius 2 is 1.80 bits per heavy atom. The third-order valence-electron chi connectivity index (χ3n) is 3.71. The zero-order valence-electron chi connectivity index (χ0n) is 9.11. The molecule has 2 aliphatic rings. The number of rotatable bonds is 3. The summed E-state index contributed by atoms with van der Waals surface area (Å²) in [6, 6.07) is 0. The smallest absolute Gasteiger partial charge is 0.237 e. The largest absolute Gasteiger partial charge is 0.368 e. The molecule has 4 nitrogen and oxygen atoms in total. The highest BCUT2D eigenvalue weighted by Gasteiger charge is 2.55. The topological polar surface area (TPSA) is 63.4 Å². The molecule has 2 saturated carbocycles. The predicted octanol–water partition coefficient (Wildman–Crippen LogP) is 0.366. The average molecular weight is 210 g/mol. The van der Waals surface area contributed by atoms with E-state index in [-0.39, 0.29) is 18.4 Å². The summed E-state index contributed by atoms with van der Waals surface area (Å²) < 4.78 is 0. The van der Waals surface area contributed by atoms with Crippen molar-refractivity contribution in [3.8, 4) is 0 Å². The number of carbonyl (C=O) groups is 2. The summed E-state index contributed by atoms with van der Waals surface area (Å²) in [4.78, 5) is 24.1. The summed E-state index contributed by atoms with van der Waals surface area (Å²) in [6.45, 7) is 0.0504. The van der Waals surface area contributed by atoms with Gasteiger partial charge in [0.2, 0.25) is 11.8 Å². The second-order valence-corrected chi connectivity index (χ2v) is 4.80. The van der Waals surface area contributed by atoms with Crippen LogP contribution in [0, 0.1) is 17.8 Å². The average Bonchev–Trinajstić information content (AvgIpc) is 2.89. The summed E-state index contributed by atoms with van der Waals surface area (Å²) in [5.41, 5.74) is 5.07. The van der Waals surface area contributed by atoms with Crippen molar-refractivity contribution in [1.29, 1.82) is 0 Å². The van der Waals surface area contributed by atoms with Gasteiger partial charge in [-0.05, 0) is 24.7 Å². The van der Waals surface area contributed by atoms with E-state index in [2.05, 4.69) is 0 Å². The molecule has 2 rings (SSSR count). The maximum Gasteiger partial charge on any atom is 0.237 e. The third-order valence-corrected chi connectivity index (χ3v) is 3.71. The number of nitrogens with zero attached hydrogens (tertiary/aromatic N) is 1. The Morgan fingerprint density at radius 3 is 2.27 bits per heavy atom. The van der Waals surface area contributed by atoms with Crippen molar-refractivity contribution in [1.82, 2.24) is 4.90 Å². The fourth-order valence-corrected chi connectivity index (χ4v) is 2.92. The van der Waals surface area contributed by atoms with Gasteiger partial charge in [-0.2, -0.15) is 0 Å². The molecule has 2 atom stereocenters. The first-order chi connectivity index (χ1) is 7.11. The van der Waals surface area contributed by atoms with Crippen molar-refractivity contribution in [2.75, 3.05) is 13.6 Å². The second-order valence-electron chi connectivity index (χ2n) is 4.80. The van der Waals surface area contributed by atoms with Gasteiger partial charge in [0.25, 0.3) is 0 Å². The molecule has 0 aromatic heterocycles. The summed E-state index contributed by atoms with van der Waals surface area (Å²) in [6.07, 6.45) is 4.88. The number of hydrogen-bond acceptors (Lipinski definition) is 2. The van der Waals surface area contributed by atoms with Crippen LogP contribution in [0.5, 0.6) is 0 Å². The van der Waals surface area contributed by atoms with Gasteiger partial charge in [0, 0.05) is 13.0 Å². The molecule has 0 aromatic carbocycles. The van der Waals surface area contributed by atoms with Gasteiger partial charge in [0.15, 0.2) is 0 Å². The third kappa shape index (κ3) is 1.98. The molecule has 15 heavy (non-hydrogen) atoms. The highest BCUT2D eigenvalue weighted by atomic mass is 16.2. The van der Waals surface area contributed by atoms with Crippen LogP contribution >= 0.6 is 0 Å². The van der Waals surface area contributed by atoms with Crippen LogP contribution in [0.1, 0.15) is 25.7 Å². The van der Waals surface area contributed by atoms with Crippen LogP contribution in [0.3, 0.4) is 0 Å². The van der Waals surface area contributed by atoms with Gasteiger partial charge in [0.05, 0.1) is 6.54 Å². The lowest BCUT2D eigenvalue weighted by molar-refractivity contribution is -0.135. The lowest BCUT2D eigenvalue weighted by Gasteiger charge is -2.14. The standard InChI is InChI=1S/C11H18N2O2/c1-13(6-9(12)14)11(15)10-7-4-2-3-5-8(7)10/h7-8,10H,2-6H2,1H3,(H2,12,14). The monoisotopic (exact) mass is 210 g/mol. The fraction of sp³-hybridized carbons (Fsp3) is 0.818. The first kappa shape index (κ1) is 10.5. The van der Waals surface area contributed by atoms with Gasteiger partial charge in [-0.3, -0.25) is 9.59 Å². The number of nitrogens with two attached hydrogens (primary N) is 1. The zero-order chi connectivity index (χ0) is 11.0. The molecule has 2 unspecified atom stereocenters. The Morgan fingerprint density at radius 1 is 1.27 bits per heavy atom. The number of primary amides is 1. The van der Waals surface area contributed by atoms with Crippen molar-refractivity contribution < 1.29 is 9.59 Å². The minimum absolute atomic E-state index is 0.0504. The molecule has 0 spiro atoms. The number of fused-ring (bicyclic) bond motifs is 1. The molecule has 2 amide bonds. The summed E-state index contributed by atoms with van der Waals surface area (Å²) in [5.74, 6) is 1.07. The maximum absolute atomic E-state index is 11.9. The van der Waals surface area contributed by atoms with Crippen LogP contribution in [0.2, 0.25) is 0 Å². The summed E-state index contributed by atoms with van der Waals surface area (Å²) in [5, 5.41) is 0. The highest BCUT2D eigenvalue weighted by Crippen LogP contribution is 2.55. The normalized spacial score (nSPS) is 33.0. The number of likely N-dealkylation sites (N-methyl/N-ethyl adjacent to an activating group) is 1. The quantitative estimate of drug-likeness (QED) is 0.731. The fourth-order valence-electron chi connectivity index (χ4n) is 2.92. The SMILES string of the molecule is CN(CC(N)=O)C(=O)C1C2CCCCC21. The van der Waals surface area contributed by atoms with E-state index in [4.69, 9.17) is 5.73 Å². The Balaban J connectivity index is 1.89. The number of carbonyl (C=O) groups excluding carboxylic acids is 2. The minimum Gasteiger partial charge on any atom is -0.368 e. The van der Waals surface area contributed by atoms with E-state index in [1.165, 1.54) is 30.6 Å². The van der Waals surface area contributed by atoms with Crippen LogP contribution in [0.4, 0.5) is 0 Å². The molecule has 0 bridgehead atoms. The van der Waals surface area contributed by atoms with Crippen molar-refractivity contribution in [2.45, 2.75) is 25.7 Å². The van der Waals surface area contributed by atoms with Crippen molar-refractivity contribution in [2.24, 2.45) is 23.5 Å². The number of hydrogen-bond donors (Lipinski definition) is 1. The minimum atomic E-state index is -0.436. The number of amides is 2. The first-order valence-corrected chi connectivity index (χ1v) is 5.64. The maximum atomic E-state index is 11.9. The predicted molar refractivity (Wildman–Crippen MR) is 55.8 cm³/mol. The van der Waals surface area contributed by atoms with Gasteiger partial charge in [-0.15, -0.1) is 0 Å². The molecule has 2 N–H and O–H groups in total. The zero-order valence-corrected chi connectivity index (χ0v) is 9.11. The van der Waals surface area contributed by atoms with Gasteiger partial charge in [-0.25, -0.2) is 0 Å². The molecule has 2 aliphatic carbocycles. The molecule has 0 aromatic rings. The summed E-state index contributed by atoms with van der Waals surface area (Å²) in [7, 11) is 1.66. The van der Waals surface area contributed by atoms with E-state index in [1.807, 2.05) is 0 Å².